The molecule has 1 aromatic carbocycles. The molecule has 0 bridgehead atoms. The molecule has 3 aromatic rings. The number of hydrogen-bond acceptors (Lipinski definition) is 6. The maximum Gasteiger partial charge on any atom is 0.333 e. The van der Waals surface area contributed by atoms with Gasteiger partial charge in [-0.05, 0) is 32.4 Å². The van der Waals surface area contributed by atoms with E-state index in [1.165, 1.54) is 13.8 Å². The highest BCUT2D eigenvalue weighted by Crippen LogP contribution is 2.28. The van der Waals surface area contributed by atoms with E-state index >= 15 is 0 Å². The van der Waals surface area contributed by atoms with Crippen LogP contribution in [0.1, 0.15) is 37.2 Å². The fourth-order valence-electron chi connectivity index (χ4n) is 3.04. The predicted molar refractivity (Wildman–Crippen MR) is 101 cm³/mol. The summed E-state index contributed by atoms with van der Waals surface area (Å²) >= 11 is 0. The van der Waals surface area contributed by atoms with Gasteiger partial charge in [0.15, 0.2) is 0 Å². The van der Waals surface area contributed by atoms with Crippen LogP contribution >= 0.6 is 0 Å². The van der Waals surface area contributed by atoms with E-state index in [-0.39, 0.29) is 41.2 Å². The zero-order valence-corrected chi connectivity index (χ0v) is 17.0. The Kier molecular flexibility index (Phi) is 6.08. The molecule has 0 saturated carbocycles. The summed E-state index contributed by atoms with van der Waals surface area (Å²) in [4.78, 5) is -0.228. The Morgan fingerprint density at radius 2 is 1.86 bits per heavy atom. The molecular formula is C18H21F2N5O3S. The number of rotatable bonds is 8. The maximum absolute atomic E-state index is 13.2. The second-order valence-corrected chi connectivity index (χ2v) is 8.30. The van der Waals surface area contributed by atoms with Gasteiger partial charge in [-0.3, -0.25) is 0 Å². The molecule has 0 aliphatic carbocycles. The molecule has 0 unspecified atom stereocenters. The van der Waals surface area contributed by atoms with Crippen molar-refractivity contribution in [1.82, 2.24) is 24.3 Å². The van der Waals surface area contributed by atoms with E-state index in [1.807, 2.05) is 25.1 Å². The molecule has 8 nitrogen and oxygen atoms in total. The van der Waals surface area contributed by atoms with E-state index in [0.717, 1.165) is 4.31 Å². The highest BCUT2D eigenvalue weighted by Gasteiger charge is 2.33. The van der Waals surface area contributed by atoms with Crippen molar-refractivity contribution in [2.75, 3.05) is 6.54 Å². The molecule has 0 fully saturated rings. The van der Waals surface area contributed by atoms with Gasteiger partial charge in [0, 0.05) is 12.1 Å². The second-order valence-electron chi connectivity index (χ2n) is 6.43. The van der Waals surface area contributed by atoms with Gasteiger partial charge in [-0.2, -0.15) is 18.2 Å². The molecule has 2 heterocycles. The molecule has 2 aromatic heterocycles. The molecule has 3 rings (SSSR count). The van der Waals surface area contributed by atoms with E-state index in [0.29, 0.717) is 16.7 Å². The topological polar surface area (TPSA) is 94.1 Å². The minimum atomic E-state index is -4.10. The minimum Gasteiger partial charge on any atom is -0.419 e. The Balaban J connectivity index is 1.93. The Hall–Kier alpha value is -2.66. The summed E-state index contributed by atoms with van der Waals surface area (Å²) in [6.45, 7) is 1.57. The predicted octanol–water partition coefficient (Wildman–Crippen LogP) is 3.55. The highest BCUT2D eigenvalue weighted by atomic mass is 32.2. The lowest BCUT2D eigenvalue weighted by molar-refractivity contribution is 0.0538. The molecule has 11 heteroatoms. The summed E-state index contributed by atoms with van der Waals surface area (Å²) in [5.74, 6) is 0.379. The van der Waals surface area contributed by atoms with Crippen molar-refractivity contribution in [2.45, 2.75) is 45.2 Å². The van der Waals surface area contributed by atoms with Gasteiger partial charge in [-0.25, -0.2) is 13.1 Å². The molecule has 0 saturated heterocycles. The maximum atomic E-state index is 13.2. The van der Waals surface area contributed by atoms with E-state index in [4.69, 9.17) is 4.42 Å². The first kappa shape index (κ1) is 21.1. The van der Waals surface area contributed by atoms with Crippen LogP contribution in [0.5, 0.6) is 0 Å². The first-order valence-corrected chi connectivity index (χ1v) is 10.4. The first-order chi connectivity index (χ1) is 13.8. The fraction of sp³-hybridized carbons (Fsp3) is 0.389. The van der Waals surface area contributed by atoms with Crippen molar-refractivity contribution in [3.8, 4) is 11.5 Å². The third kappa shape index (κ3) is 4.20. The van der Waals surface area contributed by atoms with Gasteiger partial charge in [-0.15, -0.1) is 10.2 Å². The van der Waals surface area contributed by atoms with Crippen LogP contribution in [0.15, 0.2) is 39.6 Å². The van der Waals surface area contributed by atoms with Crippen LogP contribution in [0, 0.1) is 13.8 Å². The molecule has 0 radical (unpaired) electrons. The van der Waals surface area contributed by atoms with Gasteiger partial charge in [0.25, 0.3) is 0 Å². The minimum absolute atomic E-state index is 0.0133. The van der Waals surface area contributed by atoms with Gasteiger partial charge >= 0.3 is 6.55 Å². The number of aryl methyl sites for hydroxylation is 1. The summed E-state index contributed by atoms with van der Waals surface area (Å²) in [7, 11) is -4.10. The summed E-state index contributed by atoms with van der Waals surface area (Å²) in [6.07, 6.45) is 0.514. The molecule has 0 amide bonds. The molecule has 0 aliphatic rings. The van der Waals surface area contributed by atoms with Crippen molar-refractivity contribution < 1.29 is 21.6 Å². The number of nitrogens with zero attached hydrogens (tertiary/aromatic N) is 5. The van der Waals surface area contributed by atoms with Gasteiger partial charge in [0.05, 0.1) is 17.9 Å². The largest absolute Gasteiger partial charge is 0.419 e. The zero-order valence-electron chi connectivity index (χ0n) is 16.2. The van der Waals surface area contributed by atoms with Crippen molar-refractivity contribution in [1.29, 1.82) is 0 Å². The molecule has 0 spiro atoms. The van der Waals surface area contributed by atoms with Gasteiger partial charge < -0.3 is 4.42 Å². The molecule has 29 heavy (non-hydrogen) atoms. The molecule has 156 valence electrons. The normalized spacial score (nSPS) is 12.2. The highest BCUT2D eigenvalue weighted by molar-refractivity contribution is 7.89. The molecule has 0 atom stereocenters. The number of benzene rings is 1. The third-order valence-corrected chi connectivity index (χ3v) is 6.41. The third-order valence-electron chi connectivity index (χ3n) is 4.31. The lowest BCUT2D eigenvalue weighted by Crippen LogP contribution is -2.32. The van der Waals surface area contributed by atoms with Crippen molar-refractivity contribution in [3.63, 3.8) is 0 Å². The van der Waals surface area contributed by atoms with Gasteiger partial charge in [0.2, 0.25) is 21.8 Å². The van der Waals surface area contributed by atoms with Crippen molar-refractivity contribution in [3.05, 3.63) is 47.6 Å². The number of aromatic nitrogens is 4. The van der Waals surface area contributed by atoms with Crippen LogP contribution in [-0.2, 0) is 16.6 Å². The number of hydrogen-bond donors (Lipinski definition) is 0. The fourth-order valence-corrected chi connectivity index (χ4v) is 4.88. The molecule has 0 N–H and O–H groups in total. The Morgan fingerprint density at radius 1 is 1.17 bits per heavy atom. The van der Waals surface area contributed by atoms with Gasteiger partial charge in [-0.1, -0.05) is 25.1 Å². The Morgan fingerprint density at radius 3 is 2.45 bits per heavy atom. The van der Waals surface area contributed by atoms with E-state index in [9.17, 15) is 17.2 Å². The van der Waals surface area contributed by atoms with Crippen LogP contribution in [-0.4, -0.2) is 39.2 Å². The van der Waals surface area contributed by atoms with E-state index in [1.54, 1.807) is 12.1 Å². The lowest BCUT2D eigenvalue weighted by Gasteiger charge is -2.20. The SMILES string of the molecule is CCCN(Cc1nnc(-c2ccccc2)o1)S(=O)(=O)c1c(C)nn(C(F)F)c1C. The molecule has 0 aliphatic heterocycles. The summed E-state index contributed by atoms with van der Waals surface area (Å²) in [5.41, 5.74) is 0.606. The second kappa shape index (κ2) is 8.37. The van der Waals surface area contributed by atoms with Crippen LogP contribution < -0.4 is 0 Å². The monoisotopic (exact) mass is 425 g/mol. The first-order valence-electron chi connectivity index (χ1n) is 8.97. The van der Waals surface area contributed by atoms with Crippen LogP contribution in [0.3, 0.4) is 0 Å². The van der Waals surface area contributed by atoms with Gasteiger partial charge in [0.1, 0.15) is 4.90 Å². The summed E-state index contributed by atoms with van der Waals surface area (Å²) in [5, 5.41) is 11.6. The molecular weight excluding hydrogens is 404 g/mol. The average Bonchev–Trinajstić information content (AvgIpc) is 3.26. The van der Waals surface area contributed by atoms with E-state index < -0.39 is 16.6 Å². The lowest BCUT2D eigenvalue weighted by atomic mass is 10.2. The summed E-state index contributed by atoms with van der Waals surface area (Å²) < 4.78 is 59.9. The number of sulfonamides is 1. The zero-order chi connectivity index (χ0) is 21.2. The smallest absolute Gasteiger partial charge is 0.333 e. The van der Waals surface area contributed by atoms with Crippen molar-refractivity contribution >= 4 is 10.0 Å². The van der Waals surface area contributed by atoms with Crippen LogP contribution in [0.2, 0.25) is 0 Å². The van der Waals surface area contributed by atoms with Crippen LogP contribution in [0.4, 0.5) is 8.78 Å². The number of halogens is 2. The number of alkyl halides is 2. The quantitative estimate of drug-likeness (QED) is 0.548. The standard InChI is InChI=1S/C18H21F2N5O3S/c1-4-10-24(11-15-21-22-17(28-15)14-8-6-5-7-9-14)29(26,27)16-12(2)23-25(13(16)3)18(19)20/h5-9,18H,4,10-11H2,1-3H3. The Bertz CT molecular complexity index is 1080. The van der Waals surface area contributed by atoms with E-state index in [2.05, 4.69) is 15.3 Å². The summed E-state index contributed by atoms with van der Waals surface area (Å²) in [6, 6.07) is 9.08. The average molecular weight is 425 g/mol. The Labute approximate surface area is 167 Å². The van der Waals surface area contributed by atoms with Crippen molar-refractivity contribution in [2.24, 2.45) is 0 Å². The van der Waals surface area contributed by atoms with Crippen LogP contribution in [0.25, 0.3) is 11.5 Å².